The van der Waals surface area contributed by atoms with Gasteiger partial charge in [-0.3, -0.25) is 0 Å². The zero-order valence-electron chi connectivity index (χ0n) is 9.40. The minimum Gasteiger partial charge on any atom is -0.334 e. The van der Waals surface area contributed by atoms with Crippen molar-refractivity contribution in [1.29, 1.82) is 0 Å². The normalized spacial score (nSPS) is 13.5. The maximum absolute atomic E-state index is 6.20. The molecule has 3 heteroatoms. The molecular formula is C11H21N3. The highest BCUT2D eigenvalue weighted by Crippen LogP contribution is 2.23. The molecule has 0 aliphatic carbocycles. The Bertz CT molecular complexity index is 263. The average molecular weight is 195 g/mol. The van der Waals surface area contributed by atoms with Crippen LogP contribution in [0.3, 0.4) is 0 Å². The predicted octanol–water partition coefficient (Wildman–Crippen LogP) is 2.34. The summed E-state index contributed by atoms with van der Waals surface area (Å²) in [4.78, 5) is 4.34. The molecule has 1 rings (SSSR count). The topological polar surface area (TPSA) is 43.8 Å². The molecule has 0 bridgehead atoms. The van der Waals surface area contributed by atoms with Gasteiger partial charge in [0.25, 0.3) is 0 Å². The molecule has 2 N–H and O–H groups in total. The Kier molecular flexibility index (Phi) is 4.14. The first-order chi connectivity index (χ1) is 6.74. The molecule has 0 radical (unpaired) electrons. The van der Waals surface area contributed by atoms with Crippen molar-refractivity contribution in [2.45, 2.75) is 46.2 Å². The van der Waals surface area contributed by atoms with Gasteiger partial charge in [-0.2, -0.15) is 0 Å². The molecule has 0 amide bonds. The monoisotopic (exact) mass is 195 g/mol. The second-order valence-electron chi connectivity index (χ2n) is 3.67. The smallest absolute Gasteiger partial charge is 0.125 e. The van der Waals surface area contributed by atoms with E-state index in [-0.39, 0.29) is 6.04 Å². The standard InChI is InChI=1S/C11H21N3/c1-4-9(5-2)10(12)11-13-7-8-14(11)6-3/h7-10H,4-6,12H2,1-3H3. The summed E-state index contributed by atoms with van der Waals surface area (Å²) in [7, 11) is 0. The predicted molar refractivity (Wildman–Crippen MR) is 58.9 cm³/mol. The molecule has 1 atom stereocenters. The molecule has 0 saturated heterocycles. The third kappa shape index (κ3) is 2.15. The number of aromatic nitrogens is 2. The molecule has 1 aromatic heterocycles. The summed E-state index contributed by atoms with van der Waals surface area (Å²) in [5, 5.41) is 0. The summed E-state index contributed by atoms with van der Waals surface area (Å²) in [5.41, 5.74) is 6.20. The van der Waals surface area contributed by atoms with Crippen molar-refractivity contribution < 1.29 is 0 Å². The lowest BCUT2D eigenvalue weighted by molar-refractivity contribution is 0.381. The van der Waals surface area contributed by atoms with E-state index in [1.807, 2.05) is 12.4 Å². The number of nitrogens with zero attached hydrogens (tertiary/aromatic N) is 2. The first-order valence-corrected chi connectivity index (χ1v) is 5.51. The van der Waals surface area contributed by atoms with Gasteiger partial charge in [-0.05, 0) is 12.8 Å². The Labute approximate surface area is 86.3 Å². The molecular weight excluding hydrogens is 174 g/mol. The lowest BCUT2D eigenvalue weighted by Gasteiger charge is -2.21. The number of hydrogen-bond donors (Lipinski definition) is 1. The molecule has 0 aliphatic heterocycles. The van der Waals surface area contributed by atoms with Gasteiger partial charge < -0.3 is 10.3 Å². The van der Waals surface area contributed by atoms with Gasteiger partial charge in [0, 0.05) is 18.9 Å². The summed E-state index contributed by atoms with van der Waals surface area (Å²) in [6.45, 7) is 7.44. The molecule has 1 heterocycles. The van der Waals surface area contributed by atoms with Gasteiger partial charge in [0.05, 0.1) is 6.04 Å². The van der Waals surface area contributed by atoms with E-state index in [2.05, 4.69) is 30.3 Å². The van der Waals surface area contributed by atoms with Gasteiger partial charge in [-0.1, -0.05) is 26.7 Å². The molecule has 1 aromatic rings. The van der Waals surface area contributed by atoms with E-state index in [9.17, 15) is 0 Å². The lowest BCUT2D eigenvalue weighted by Crippen LogP contribution is -2.24. The van der Waals surface area contributed by atoms with Crippen molar-refractivity contribution in [1.82, 2.24) is 9.55 Å². The van der Waals surface area contributed by atoms with Gasteiger partial charge in [0.15, 0.2) is 0 Å². The van der Waals surface area contributed by atoms with Crippen molar-refractivity contribution in [3.8, 4) is 0 Å². The fraction of sp³-hybridized carbons (Fsp3) is 0.727. The minimum atomic E-state index is 0.0833. The van der Waals surface area contributed by atoms with Crippen LogP contribution in [0.25, 0.3) is 0 Å². The van der Waals surface area contributed by atoms with Crippen molar-refractivity contribution in [3.05, 3.63) is 18.2 Å². The minimum absolute atomic E-state index is 0.0833. The van der Waals surface area contributed by atoms with Crippen LogP contribution in [0, 0.1) is 5.92 Å². The zero-order chi connectivity index (χ0) is 10.6. The summed E-state index contributed by atoms with van der Waals surface area (Å²) in [5.74, 6) is 1.57. The Morgan fingerprint density at radius 2 is 2.00 bits per heavy atom. The van der Waals surface area contributed by atoms with Crippen LogP contribution in [0.5, 0.6) is 0 Å². The van der Waals surface area contributed by atoms with Gasteiger partial charge >= 0.3 is 0 Å². The Morgan fingerprint density at radius 3 is 2.50 bits per heavy atom. The highest BCUT2D eigenvalue weighted by molar-refractivity contribution is 5.00. The molecule has 80 valence electrons. The largest absolute Gasteiger partial charge is 0.334 e. The molecule has 0 aliphatic rings. The van der Waals surface area contributed by atoms with Crippen molar-refractivity contribution in [2.75, 3.05) is 0 Å². The number of rotatable bonds is 5. The number of nitrogens with two attached hydrogens (primary N) is 1. The van der Waals surface area contributed by atoms with E-state index < -0.39 is 0 Å². The highest BCUT2D eigenvalue weighted by Gasteiger charge is 2.19. The van der Waals surface area contributed by atoms with Gasteiger partial charge in [0.1, 0.15) is 5.82 Å². The van der Waals surface area contributed by atoms with Crippen LogP contribution >= 0.6 is 0 Å². The number of aryl methyl sites for hydroxylation is 1. The van der Waals surface area contributed by atoms with Crippen LogP contribution < -0.4 is 5.73 Å². The molecule has 0 spiro atoms. The zero-order valence-corrected chi connectivity index (χ0v) is 9.40. The summed E-state index contributed by atoms with van der Waals surface area (Å²) in [6, 6.07) is 0.0833. The molecule has 0 fully saturated rings. The number of hydrogen-bond acceptors (Lipinski definition) is 2. The van der Waals surface area contributed by atoms with E-state index in [1.54, 1.807) is 0 Å². The lowest BCUT2D eigenvalue weighted by atomic mass is 9.94. The maximum Gasteiger partial charge on any atom is 0.125 e. The SMILES string of the molecule is CCC(CC)C(N)c1nccn1CC. The van der Waals surface area contributed by atoms with Gasteiger partial charge in [-0.15, -0.1) is 0 Å². The quantitative estimate of drug-likeness (QED) is 0.783. The van der Waals surface area contributed by atoms with Crippen LogP contribution in [0.15, 0.2) is 12.4 Å². The van der Waals surface area contributed by atoms with Gasteiger partial charge in [0.2, 0.25) is 0 Å². The van der Waals surface area contributed by atoms with E-state index in [0.29, 0.717) is 5.92 Å². The maximum atomic E-state index is 6.20. The Hall–Kier alpha value is -0.830. The number of imidazole rings is 1. The second-order valence-corrected chi connectivity index (χ2v) is 3.67. The van der Waals surface area contributed by atoms with Gasteiger partial charge in [-0.25, -0.2) is 4.98 Å². The third-order valence-corrected chi connectivity index (χ3v) is 2.94. The average Bonchev–Trinajstić information content (AvgIpc) is 2.67. The van der Waals surface area contributed by atoms with E-state index in [0.717, 1.165) is 25.2 Å². The molecule has 0 saturated carbocycles. The summed E-state index contributed by atoms with van der Waals surface area (Å²) < 4.78 is 2.13. The van der Waals surface area contributed by atoms with Crippen LogP contribution in [0.2, 0.25) is 0 Å². The fourth-order valence-corrected chi connectivity index (χ4v) is 1.89. The summed E-state index contributed by atoms with van der Waals surface area (Å²) in [6.07, 6.45) is 6.07. The van der Waals surface area contributed by atoms with Crippen LogP contribution in [-0.4, -0.2) is 9.55 Å². The van der Waals surface area contributed by atoms with Crippen molar-refractivity contribution in [2.24, 2.45) is 11.7 Å². The van der Waals surface area contributed by atoms with Crippen molar-refractivity contribution in [3.63, 3.8) is 0 Å². The van der Waals surface area contributed by atoms with E-state index in [4.69, 9.17) is 5.73 Å². The molecule has 0 aromatic carbocycles. The Balaban J connectivity index is 2.81. The van der Waals surface area contributed by atoms with E-state index >= 15 is 0 Å². The first-order valence-electron chi connectivity index (χ1n) is 5.51. The molecule has 3 nitrogen and oxygen atoms in total. The first kappa shape index (κ1) is 11.2. The Morgan fingerprint density at radius 1 is 1.36 bits per heavy atom. The fourth-order valence-electron chi connectivity index (χ4n) is 1.89. The summed E-state index contributed by atoms with van der Waals surface area (Å²) >= 11 is 0. The second kappa shape index (κ2) is 5.15. The van der Waals surface area contributed by atoms with Crippen LogP contribution in [0.4, 0.5) is 0 Å². The molecule has 1 unspecified atom stereocenters. The van der Waals surface area contributed by atoms with E-state index in [1.165, 1.54) is 0 Å². The van der Waals surface area contributed by atoms with Crippen molar-refractivity contribution >= 4 is 0 Å². The highest BCUT2D eigenvalue weighted by atomic mass is 15.1. The van der Waals surface area contributed by atoms with Crippen LogP contribution in [-0.2, 0) is 6.54 Å². The molecule has 14 heavy (non-hydrogen) atoms. The third-order valence-electron chi connectivity index (χ3n) is 2.94. The van der Waals surface area contributed by atoms with Crippen LogP contribution in [0.1, 0.15) is 45.5 Å².